The second-order valence-corrected chi connectivity index (χ2v) is 6.61. The van der Waals surface area contributed by atoms with Crippen molar-refractivity contribution in [2.24, 2.45) is 0 Å². The molecule has 0 saturated heterocycles. The minimum atomic E-state index is -0.773. The van der Waals surface area contributed by atoms with E-state index < -0.39 is 17.1 Å². The van der Waals surface area contributed by atoms with Gasteiger partial charge >= 0.3 is 0 Å². The molecule has 0 radical (unpaired) electrons. The average molecular weight is 383 g/mol. The molecule has 0 unspecified atom stereocenters. The number of aliphatic hydroxyl groups is 2. The number of non-ortho nitro benzene ring substituents is 1. The summed E-state index contributed by atoms with van der Waals surface area (Å²) < 4.78 is 0. The largest absolute Gasteiger partial charge is 0.508 e. The normalized spacial score (nSPS) is 12.7. The maximum absolute atomic E-state index is 10.7. The van der Waals surface area contributed by atoms with E-state index in [0.29, 0.717) is 24.0 Å². The van der Waals surface area contributed by atoms with E-state index in [0.717, 1.165) is 18.4 Å². The molecule has 0 spiro atoms. The Hall–Kier alpha value is -2.92. The Morgan fingerprint density at radius 1 is 1.07 bits per heavy atom. The smallest absolute Gasteiger partial charge is 0.269 e. The van der Waals surface area contributed by atoms with E-state index in [1.54, 1.807) is 30.3 Å². The zero-order valence-corrected chi connectivity index (χ0v) is 15.8. The molecule has 2 aromatic carbocycles. The number of nitrogens with zero attached hydrogens (tertiary/aromatic N) is 1. The summed E-state index contributed by atoms with van der Waals surface area (Å²) in [6, 6.07) is 12.3. The maximum Gasteiger partial charge on any atom is 0.269 e. The molecule has 2 aromatic rings. The van der Waals surface area contributed by atoms with Crippen molar-refractivity contribution in [2.45, 2.75) is 44.8 Å². The SMILES string of the molecule is CCCC(=C=CC[C@@H](O)c1ccc(O)cc1)C[C@@H](O)c1ccc([N+](=O)[O-])cc1. The Kier molecular flexibility index (Phi) is 7.96. The number of phenols is 1. The van der Waals surface area contributed by atoms with E-state index in [4.69, 9.17) is 0 Å². The zero-order valence-electron chi connectivity index (χ0n) is 15.8. The minimum Gasteiger partial charge on any atom is -0.508 e. The van der Waals surface area contributed by atoms with Gasteiger partial charge in [0.15, 0.2) is 0 Å². The van der Waals surface area contributed by atoms with Crippen LogP contribution in [0.5, 0.6) is 5.75 Å². The fourth-order valence-corrected chi connectivity index (χ4v) is 2.85. The molecule has 2 rings (SSSR count). The van der Waals surface area contributed by atoms with Crippen LogP contribution in [0.15, 0.2) is 65.9 Å². The van der Waals surface area contributed by atoms with Crippen LogP contribution in [0.2, 0.25) is 0 Å². The molecule has 3 N–H and O–H groups in total. The molecule has 0 aliphatic rings. The van der Waals surface area contributed by atoms with Gasteiger partial charge in [-0.15, -0.1) is 5.73 Å². The summed E-state index contributed by atoms with van der Waals surface area (Å²) in [6.07, 6.45) is 2.68. The maximum atomic E-state index is 10.7. The van der Waals surface area contributed by atoms with Gasteiger partial charge in [0.2, 0.25) is 0 Å². The molecular weight excluding hydrogens is 358 g/mol. The molecule has 0 fully saturated rings. The van der Waals surface area contributed by atoms with E-state index in [2.05, 4.69) is 5.73 Å². The first-order valence-electron chi connectivity index (χ1n) is 9.23. The van der Waals surface area contributed by atoms with Gasteiger partial charge in [-0.2, -0.15) is 0 Å². The van der Waals surface area contributed by atoms with Gasteiger partial charge in [-0.3, -0.25) is 10.1 Å². The summed E-state index contributed by atoms with van der Waals surface area (Å²) in [7, 11) is 0. The lowest BCUT2D eigenvalue weighted by atomic mass is 9.98. The lowest BCUT2D eigenvalue weighted by Crippen LogP contribution is -2.00. The number of nitro groups is 1. The van der Waals surface area contributed by atoms with Gasteiger partial charge in [-0.1, -0.05) is 25.5 Å². The third-order valence-electron chi connectivity index (χ3n) is 4.41. The van der Waals surface area contributed by atoms with Crippen molar-refractivity contribution in [3.63, 3.8) is 0 Å². The summed E-state index contributed by atoms with van der Waals surface area (Å²) in [5.74, 6) is 0.150. The first-order valence-corrected chi connectivity index (χ1v) is 9.23. The Bertz CT molecular complexity index is 836. The Balaban J connectivity index is 2.04. The molecule has 2 atom stereocenters. The predicted molar refractivity (Wildman–Crippen MR) is 107 cm³/mol. The average Bonchev–Trinajstić information content (AvgIpc) is 2.68. The molecule has 0 aliphatic carbocycles. The van der Waals surface area contributed by atoms with Gasteiger partial charge in [-0.05, 0) is 53.5 Å². The second kappa shape index (κ2) is 10.4. The van der Waals surface area contributed by atoms with Crippen molar-refractivity contribution in [1.29, 1.82) is 0 Å². The highest BCUT2D eigenvalue weighted by Gasteiger charge is 2.12. The Labute approximate surface area is 164 Å². The third kappa shape index (κ3) is 6.35. The van der Waals surface area contributed by atoms with Gasteiger partial charge in [-0.25, -0.2) is 0 Å². The van der Waals surface area contributed by atoms with Crippen molar-refractivity contribution in [3.05, 3.63) is 87.2 Å². The number of aliphatic hydroxyl groups excluding tert-OH is 2. The quantitative estimate of drug-likeness (QED) is 0.330. The number of hydrogen-bond donors (Lipinski definition) is 3. The molecule has 0 heterocycles. The lowest BCUT2D eigenvalue weighted by Gasteiger charge is -2.12. The zero-order chi connectivity index (χ0) is 20.5. The lowest BCUT2D eigenvalue weighted by molar-refractivity contribution is -0.384. The minimum absolute atomic E-state index is 0.0108. The van der Waals surface area contributed by atoms with Crippen LogP contribution >= 0.6 is 0 Å². The number of hydrogen-bond acceptors (Lipinski definition) is 5. The molecular formula is C22H25NO5. The fourth-order valence-electron chi connectivity index (χ4n) is 2.85. The molecule has 148 valence electrons. The fraction of sp³-hybridized carbons (Fsp3) is 0.318. The van der Waals surface area contributed by atoms with Crippen molar-refractivity contribution < 1.29 is 20.2 Å². The van der Waals surface area contributed by atoms with Crippen molar-refractivity contribution >= 4 is 5.69 Å². The summed E-state index contributed by atoms with van der Waals surface area (Å²) in [6.45, 7) is 2.03. The van der Waals surface area contributed by atoms with Crippen LogP contribution in [0, 0.1) is 10.1 Å². The first kappa shape index (κ1) is 21.4. The van der Waals surface area contributed by atoms with Gasteiger partial charge < -0.3 is 15.3 Å². The molecule has 0 aliphatic heterocycles. The second-order valence-electron chi connectivity index (χ2n) is 6.61. The van der Waals surface area contributed by atoms with Crippen LogP contribution < -0.4 is 0 Å². The number of benzene rings is 2. The van der Waals surface area contributed by atoms with E-state index in [9.17, 15) is 25.4 Å². The van der Waals surface area contributed by atoms with Crippen LogP contribution in [0.25, 0.3) is 0 Å². The van der Waals surface area contributed by atoms with Gasteiger partial charge in [0, 0.05) is 25.0 Å². The highest BCUT2D eigenvalue weighted by Crippen LogP contribution is 2.25. The Morgan fingerprint density at radius 3 is 2.21 bits per heavy atom. The standard InChI is InChI=1S/C22H25NO5/c1-2-4-16(5-3-6-21(25)17-9-13-20(24)14-10-17)15-22(26)18-7-11-19(12-8-18)23(27)28/h3,7-14,21-22,24-26H,2,4,6,15H2,1H3/t5?,21-,22-/m1/s1. The number of aromatic hydroxyl groups is 1. The van der Waals surface area contributed by atoms with E-state index in [-0.39, 0.29) is 11.4 Å². The number of nitro benzene ring substituents is 1. The molecule has 6 heteroatoms. The van der Waals surface area contributed by atoms with Crippen LogP contribution in [0.3, 0.4) is 0 Å². The van der Waals surface area contributed by atoms with Crippen LogP contribution in [-0.2, 0) is 0 Å². The molecule has 0 amide bonds. The summed E-state index contributed by atoms with van der Waals surface area (Å²) >= 11 is 0. The van der Waals surface area contributed by atoms with Crippen molar-refractivity contribution in [1.82, 2.24) is 0 Å². The molecule has 0 bridgehead atoms. The monoisotopic (exact) mass is 383 g/mol. The van der Waals surface area contributed by atoms with Crippen LogP contribution in [0.1, 0.15) is 55.9 Å². The summed E-state index contributed by atoms with van der Waals surface area (Å²) in [4.78, 5) is 10.3. The van der Waals surface area contributed by atoms with E-state index in [1.807, 2.05) is 6.92 Å². The third-order valence-corrected chi connectivity index (χ3v) is 4.41. The van der Waals surface area contributed by atoms with E-state index in [1.165, 1.54) is 24.3 Å². The number of rotatable bonds is 9. The van der Waals surface area contributed by atoms with Crippen molar-refractivity contribution in [2.75, 3.05) is 0 Å². The molecule has 0 saturated carbocycles. The van der Waals surface area contributed by atoms with Gasteiger partial charge in [0.05, 0.1) is 17.1 Å². The van der Waals surface area contributed by atoms with E-state index >= 15 is 0 Å². The molecule has 28 heavy (non-hydrogen) atoms. The number of phenolic OH excluding ortho intramolecular Hbond substituents is 1. The summed E-state index contributed by atoms with van der Waals surface area (Å²) in [5, 5.41) is 40.7. The van der Waals surface area contributed by atoms with Gasteiger partial charge in [0.1, 0.15) is 5.75 Å². The topological polar surface area (TPSA) is 104 Å². The Morgan fingerprint density at radius 2 is 1.64 bits per heavy atom. The predicted octanol–water partition coefficient (Wildman–Crippen LogP) is 4.73. The first-order chi connectivity index (χ1) is 13.4. The van der Waals surface area contributed by atoms with Crippen molar-refractivity contribution in [3.8, 4) is 5.75 Å². The van der Waals surface area contributed by atoms with Crippen LogP contribution in [0.4, 0.5) is 5.69 Å². The highest BCUT2D eigenvalue weighted by molar-refractivity contribution is 5.34. The molecule has 0 aromatic heterocycles. The highest BCUT2D eigenvalue weighted by atomic mass is 16.6. The van der Waals surface area contributed by atoms with Crippen LogP contribution in [-0.4, -0.2) is 20.2 Å². The van der Waals surface area contributed by atoms with Gasteiger partial charge in [0.25, 0.3) is 5.69 Å². The molecule has 6 nitrogen and oxygen atoms in total. The summed E-state index contributed by atoms with van der Waals surface area (Å²) in [5.41, 5.74) is 5.41.